The first-order chi connectivity index (χ1) is 9.22. The van der Waals surface area contributed by atoms with Crippen LogP contribution in [0.15, 0.2) is 47.4 Å². The smallest absolute Gasteiger partial charge is 0.127 e. The van der Waals surface area contributed by atoms with Crippen LogP contribution in [0.3, 0.4) is 0 Å². The van der Waals surface area contributed by atoms with E-state index in [0.29, 0.717) is 12.2 Å². The topological polar surface area (TPSA) is 35.2 Å². The number of hydrogen-bond acceptors (Lipinski definition) is 3. The van der Waals surface area contributed by atoms with Crippen molar-refractivity contribution in [3.63, 3.8) is 0 Å². The standard InChI is InChI=1S/C15H16FNOS/c1-19-14-5-3-13(4-6-14)18-10-11-2-7-15(16)12(8-11)9-17/h2-8H,9-10,17H2,1H3. The fourth-order valence-corrected chi connectivity index (χ4v) is 2.12. The highest BCUT2D eigenvalue weighted by Crippen LogP contribution is 2.20. The number of hydrogen-bond donors (Lipinski definition) is 1. The molecule has 0 amide bonds. The Kier molecular flexibility index (Phi) is 4.82. The third-order valence-corrected chi connectivity index (χ3v) is 3.54. The number of benzene rings is 2. The Bertz CT molecular complexity index is 542. The molecule has 0 radical (unpaired) electrons. The van der Waals surface area contributed by atoms with Crippen LogP contribution in [0.5, 0.6) is 5.75 Å². The van der Waals surface area contributed by atoms with Crippen molar-refractivity contribution in [2.45, 2.75) is 18.0 Å². The molecule has 0 aliphatic heterocycles. The quantitative estimate of drug-likeness (QED) is 0.848. The van der Waals surface area contributed by atoms with Crippen LogP contribution >= 0.6 is 11.8 Å². The van der Waals surface area contributed by atoms with Gasteiger partial charge in [-0.2, -0.15) is 0 Å². The van der Waals surface area contributed by atoms with Gasteiger partial charge in [0.1, 0.15) is 18.2 Å². The van der Waals surface area contributed by atoms with Gasteiger partial charge in [-0.1, -0.05) is 6.07 Å². The summed E-state index contributed by atoms with van der Waals surface area (Å²) in [6.45, 7) is 0.605. The molecule has 0 heterocycles. The minimum absolute atomic E-state index is 0.197. The van der Waals surface area contributed by atoms with E-state index in [9.17, 15) is 4.39 Å². The van der Waals surface area contributed by atoms with E-state index in [4.69, 9.17) is 10.5 Å². The summed E-state index contributed by atoms with van der Waals surface area (Å²) in [5.41, 5.74) is 6.90. The van der Waals surface area contributed by atoms with Crippen LogP contribution in [-0.4, -0.2) is 6.26 Å². The maximum Gasteiger partial charge on any atom is 0.127 e. The predicted octanol–water partition coefficient (Wildman–Crippen LogP) is 3.59. The highest BCUT2D eigenvalue weighted by Gasteiger charge is 2.03. The molecule has 19 heavy (non-hydrogen) atoms. The van der Waals surface area contributed by atoms with Crippen molar-refractivity contribution in [1.82, 2.24) is 0 Å². The molecule has 0 aliphatic carbocycles. The minimum atomic E-state index is -0.268. The maximum absolute atomic E-state index is 13.3. The van der Waals surface area contributed by atoms with Gasteiger partial charge < -0.3 is 10.5 Å². The monoisotopic (exact) mass is 277 g/mol. The zero-order valence-corrected chi connectivity index (χ0v) is 11.5. The fourth-order valence-electron chi connectivity index (χ4n) is 1.71. The van der Waals surface area contributed by atoms with Crippen molar-refractivity contribution in [3.8, 4) is 5.75 Å². The van der Waals surface area contributed by atoms with Gasteiger partial charge in [-0.05, 0) is 48.2 Å². The van der Waals surface area contributed by atoms with Crippen molar-refractivity contribution in [3.05, 3.63) is 59.4 Å². The van der Waals surface area contributed by atoms with Crippen LogP contribution in [0.25, 0.3) is 0 Å². The lowest BCUT2D eigenvalue weighted by atomic mass is 10.1. The van der Waals surface area contributed by atoms with Gasteiger partial charge in [-0.15, -0.1) is 11.8 Å². The van der Waals surface area contributed by atoms with E-state index in [1.54, 1.807) is 23.9 Å². The lowest BCUT2D eigenvalue weighted by Gasteiger charge is -2.08. The molecule has 0 aromatic heterocycles. The molecular weight excluding hydrogens is 261 g/mol. The summed E-state index contributed by atoms with van der Waals surface area (Å²) in [6, 6.07) is 12.8. The highest BCUT2D eigenvalue weighted by atomic mass is 32.2. The number of thioether (sulfide) groups is 1. The Morgan fingerprint density at radius 2 is 1.89 bits per heavy atom. The van der Waals surface area contributed by atoms with Crippen LogP contribution in [0.2, 0.25) is 0 Å². The minimum Gasteiger partial charge on any atom is -0.489 e. The van der Waals surface area contributed by atoms with Crippen molar-refractivity contribution in [1.29, 1.82) is 0 Å². The van der Waals surface area contributed by atoms with E-state index < -0.39 is 0 Å². The second-order valence-corrected chi connectivity index (χ2v) is 4.97. The predicted molar refractivity (Wildman–Crippen MR) is 76.8 cm³/mol. The summed E-state index contributed by atoms with van der Waals surface area (Å²) >= 11 is 1.69. The zero-order chi connectivity index (χ0) is 13.7. The molecule has 2 N–H and O–H groups in total. The van der Waals surface area contributed by atoms with Gasteiger partial charge in [-0.25, -0.2) is 4.39 Å². The molecule has 4 heteroatoms. The Hall–Kier alpha value is -1.52. The molecule has 2 nitrogen and oxygen atoms in total. The number of rotatable bonds is 5. The van der Waals surface area contributed by atoms with Gasteiger partial charge in [0, 0.05) is 17.0 Å². The highest BCUT2D eigenvalue weighted by molar-refractivity contribution is 7.98. The molecule has 2 rings (SSSR count). The van der Waals surface area contributed by atoms with Crippen LogP contribution in [0.1, 0.15) is 11.1 Å². The van der Waals surface area contributed by atoms with Crippen LogP contribution in [0.4, 0.5) is 4.39 Å². The molecule has 0 saturated carbocycles. The SMILES string of the molecule is CSc1ccc(OCc2ccc(F)c(CN)c2)cc1. The fraction of sp³-hybridized carbons (Fsp3) is 0.200. The summed E-state index contributed by atoms with van der Waals surface area (Å²) < 4.78 is 19.0. The average Bonchev–Trinajstić information content (AvgIpc) is 2.47. The van der Waals surface area contributed by atoms with E-state index in [-0.39, 0.29) is 12.4 Å². The van der Waals surface area contributed by atoms with Crippen molar-refractivity contribution in [2.24, 2.45) is 5.73 Å². The second-order valence-electron chi connectivity index (χ2n) is 4.09. The van der Waals surface area contributed by atoms with Gasteiger partial charge in [0.15, 0.2) is 0 Å². The van der Waals surface area contributed by atoms with Crippen molar-refractivity contribution in [2.75, 3.05) is 6.26 Å². The van der Waals surface area contributed by atoms with Crippen LogP contribution in [-0.2, 0) is 13.2 Å². The Balaban J connectivity index is 2.01. The van der Waals surface area contributed by atoms with Gasteiger partial charge in [0.25, 0.3) is 0 Å². The first kappa shape index (κ1) is 13.9. The lowest BCUT2D eigenvalue weighted by Crippen LogP contribution is -2.02. The molecule has 0 spiro atoms. The normalized spacial score (nSPS) is 10.5. The molecule has 0 unspecified atom stereocenters. The van der Waals surface area contributed by atoms with E-state index in [2.05, 4.69) is 0 Å². The van der Waals surface area contributed by atoms with Gasteiger partial charge >= 0.3 is 0 Å². The Labute approximate surface area is 116 Å². The largest absolute Gasteiger partial charge is 0.489 e. The van der Waals surface area contributed by atoms with Crippen molar-refractivity contribution >= 4 is 11.8 Å². The Morgan fingerprint density at radius 1 is 1.16 bits per heavy atom. The van der Waals surface area contributed by atoms with Crippen molar-refractivity contribution < 1.29 is 9.13 Å². The second kappa shape index (κ2) is 6.59. The maximum atomic E-state index is 13.3. The van der Waals surface area contributed by atoms with E-state index in [1.165, 1.54) is 11.0 Å². The molecule has 0 bridgehead atoms. The Morgan fingerprint density at radius 3 is 2.53 bits per heavy atom. The van der Waals surface area contributed by atoms with E-state index in [1.807, 2.05) is 30.5 Å². The molecule has 0 saturated heterocycles. The molecular formula is C15H16FNOS. The van der Waals surface area contributed by atoms with Crippen LogP contribution < -0.4 is 10.5 Å². The van der Waals surface area contributed by atoms with Gasteiger partial charge in [0.05, 0.1) is 0 Å². The third kappa shape index (κ3) is 3.72. The molecule has 0 atom stereocenters. The summed E-state index contributed by atoms with van der Waals surface area (Å²) in [5.74, 6) is 0.534. The average molecular weight is 277 g/mol. The summed E-state index contributed by atoms with van der Waals surface area (Å²) in [5, 5.41) is 0. The third-order valence-electron chi connectivity index (χ3n) is 2.79. The molecule has 0 fully saturated rings. The molecule has 0 aliphatic rings. The lowest BCUT2D eigenvalue weighted by molar-refractivity contribution is 0.305. The zero-order valence-electron chi connectivity index (χ0n) is 10.7. The first-order valence-corrected chi connectivity index (χ1v) is 7.19. The summed E-state index contributed by atoms with van der Waals surface area (Å²) in [6.07, 6.45) is 2.03. The number of halogens is 1. The van der Waals surface area contributed by atoms with Gasteiger partial charge in [-0.3, -0.25) is 0 Å². The summed E-state index contributed by atoms with van der Waals surface area (Å²) in [4.78, 5) is 1.19. The molecule has 2 aromatic rings. The first-order valence-electron chi connectivity index (χ1n) is 5.97. The molecule has 2 aromatic carbocycles. The van der Waals surface area contributed by atoms with E-state index >= 15 is 0 Å². The van der Waals surface area contributed by atoms with E-state index in [0.717, 1.165) is 11.3 Å². The van der Waals surface area contributed by atoms with Gasteiger partial charge in [0.2, 0.25) is 0 Å². The number of nitrogens with two attached hydrogens (primary N) is 1. The molecule has 100 valence electrons. The number of ether oxygens (including phenoxy) is 1. The summed E-state index contributed by atoms with van der Waals surface area (Å²) in [7, 11) is 0. The van der Waals surface area contributed by atoms with Crippen LogP contribution in [0, 0.1) is 5.82 Å².